The Kier molecular flexibility index (Phi) is 3.23. The molecule has 0 saturated carbocycles. The number of anilines is 1. The molecule has 3 rings (SSSR count). The van der Waals surface area contributed by atoms with Gasteiger partial charge in [-0.25, -0.2) is 18.7 Å². The second-order valence-electron chi connectivity index (χ2n) is 4.20. The molecule has 5 nitrogen and oxygen atoms in total. The van der Waals surface area contributed by atoms with Gasteiger partial charge in [0.25, 0.3) is 5.91 Å². The minimum absolute atomic E-state index is 0.111. The maximum atomic E-state index is 13.5. The number of hydrogen-bond donors (Lipinski definition) is 1. The van der Waals surface area contributed by atoms with Gasteiger partial charge in [-0.05, 0) is 18.2 Å². The lowest BCUT2D eigenvalue weighted by Gasteiger charge is -2.06. The SMILES string of the molecule is O=C(Nc1ccc(F)cc1F)c1cnc2nccnc2c1. The van der Waals surface area contributed by atoms with E-state index in [0.717, 1.165) is 12.1 Å². The molecular formula is C14H8F2N4O. The van der Waals surface area contributed by atoms with Crippen molar-refractivity contribution in [2.75, 3.05) is 5.32 Å². The van der Waals surface area contributed by atoms with E-state index in [4.69, 9.17) is 0 Å². The molecule has 2 aromatic heterocycles. The Morgan fingerprint density at radius 1 is 1.05 bits per heavy atom. The van der Waals surface area contributed by atoms with Crippen molar-refractivity contribution in [1.82, 2.24) is 15.0 Å². The third kappa shape index (κ3) is 2.66. The van der Waals surface area contributed by atoms with Crippen LogP contribution < -0.4 is 5.32 Å². The van der Waals surface area contributed by atoms with E-state index in [1.807, 2.05) is 0 Å². The predicted octanol–water partition coefficient (Wildman–Crippen LogP) is 2.56. The zero-order valence-electron chi connectivity index (χ0n) is 10.5. The average Bonchev–Trinajstić information content (AvgIpc) is 2.49. The minimum atomic E-state index is -0.850. The van der Waals surface area contributed by atoms with Crippen LogP contribution in [-0.2, 0) is 0 Å². The van der Waals surface area contributed by atoms with Crippen LogP contribution in [0.5, 0.6) is 0 Å². The van der Waals surface area contributed by atoms with Crippen molar-refractivity contribution < 1.29 is 13.6 Å². The average molecular weight is 286 g/mol. The summed E-state index contributed by atoms with van der Waals surface area (Å²) in [6, 6.07) is 4.39. The van der Waals surface area contributed by atoms with Crippen LogP contribution in [0.2, 0.25) is 0 Å². The molecule has 0 saturated heterocycles. The molecule has 0 aliphatic rings. The van der Waals surface area contributed by atoms with Crippen molar-refractivity contribution in [3.8, 4) is 0 Å². The van der Waals surface area contributed by atoms with Gasteiger partial charge in [0.05, 0.1) is 11.3 Å². The summed E-state index contributed by atoms with van der Waals surface area (Å²) in [5.74, 6) is -2.13. The molecule has 21 heavy (non-hydrogen) atoms. The van der Waals surface area contributed by atoms with Gasteiger partial charge >= 0.3 is 0 Å². The molecule has 0 radical (unpaired) electrons. The summed E-state index contributed by atoms with van der Waals surface area (Å²) >= 11 is 0. The maximum absolute atomic E-state index is 13.5. The number of benzene rings is 1. The number of rotatable bonds is 2. The molecule has 1 amide bonds. The van der Waals surface area contributed by atoms with Crippen LogP contribution in [0, 0.1) is 11.6 Å². The second-order valence-corrected chi connectivity index (χ2v) is 4.20. The number of hydrogen-bond acceptors (Lipinski definition) is 4. The fourth-order valence-electron chi connectivity index (χ4n) is 1.77. The normalized spacial score (nSPS) is 10.6. The Labute approximate surface area is 117 Å². The van der Waals surface area contributed by atoms with Crippen molar-refractivity contribution in [3.05, 3.63) is 60.1 Å². The van der Waals surface area contributed by atoms with Gasteiger partial charge in [-0.1, -0.05) is 0 Å². The topological polar surface area (TPSA) is 67.8 Å². The smallest absolute Gasteiger partial charge is 0.257 e. The summed E-state index contributed by atoms with van der Waals surface area (Å²) in [6.45, 7) is 0. The van der Waals surface area contributed by atoms with Gasteiger partial charge in [0.1, 0.15) is 17.2 Å². The first-order valence-corrected chi connectivity index (χ1v) is 5.96. The molecule has 0 aliphatic heterocycles. The van der Waals surface area contributed by atoms with Gasteiger partial charge in [-0.2, -0.15) is 0 Å². The Hall–Kier alpha value is -2.96. The molecule has 7 heteroatoms. The van der Waals surface area contributed by atoms with Crippen LogP contribution in [0.15, 0.2) is 42.9 Å². The third-order valence-electron chi connectivity index (χ3n) is 2.77. The molecule has 0 atom stereocenters. The number of carbonyl (C=O) groups is 1. The first-order valence-electron chi connectivity index (χ1n) is 5.96. The summed E-state index contributed by atoms with van der Waals surface area (Å²) < 4.78 is 26.3. The highest BCUT2D eigenvalue weighted by atomic mass is 19.1. The fraction of sp³-hybridized carbons (Fsp3) is 0. The zero-order valence-corrected chi connectivity index (χ0v) is 10.5. The number of nitrogens with one attached hydrogen (secondary N) is 1. The van der Waals surface area contributed by atoms with E-state index in [2.05, 4.69) is 20.3 Å². The van der Waals surface area contributed by atoms with Gasteiger partial charge in [0, 0.05) is 24.7 Å². The molecule has 104 valence electrons. The van der Waals surface area contributed by atoms with E-state index in [9.17, 15) is 13.6 Å². The van der Waals surface area contributed by atoms with E-state index in [-0.39, 0.29) is 11.3 Å². The summed E-state index contributed by atoms with van der Waals surface area (Å²) in [5.41, 5.74) is 0.944. The second kappa shape index (κ2) is 5.20. The molecule has 3 aromatic rings. The number of amides is 1. The summed E-state index contributed by atoms with van der Waals surface area (Å²) in [5, 5.41) is 2.35. The van der Waals surface area contributed by atoms with Crippen LogP contribution >= 0.6 is 0 Å². The quantitative estimate of drug-likeness (QED) is 0.786. The van der Waals surface area contributed by atoms with Crippen molar-refractivity contribution in [1.29, 1.82) is 0 Å². The predicted molar refractivity (Wildman–Crippen MR) is 71.6 cm³/mol. The molecular weight excluding hydrogens is 278 g/mol. The van der Waals surface area contributed by atoms with Crippen LogP contribution in [0.3, 0.4) is 0 Å². The Morgan fingerprint density at radius 3 is 2.67 bits per heavy atom. The number of fused-ring (bicyclic) bond motifs is 1. The van der Waals surface area contributed by atoms with E-state index in [1.165, 1.54) is 24.7 Å². The Balaban J connectivity index is 1.89. The monoisotopic (exact) mass is 286 g/mol. The largest absolute Gasteiger partial charge is 0.319 e. The number of carbonyl (C=O) groups excluding carboxylic acids is 1. The van der Waals surface area contributed by atoms with Crippen LogP contribution in [-0.4, -0.2) is 20.9 Å². The van der Waals surface area contributed by atoms with E-state index in [0.29, 0.717) is 17.2 Å². The number of nitrogens with zero attached hydrogens (tertiary/aromatic N) is 3. The Bertz CT molecular complexity index is 838. The maximum Gasteiger partial charge on any atom is 0.257 e. The van der Waals surface area contributed by atoms with Crippen LogP contribution in [0.25, 0.3) is 11.2 Å². The molecule has 1 N–H and O–H groups in total. The lowest BCUT2D eigenvalue weighted by atomic mass is 10.2. The molecule has 1 aromatic carbocycles. The van der Waals surface area contributed by atoms with Crippen molar-refractivity contribution in [2.24, 2.45) is 0 Å². The highest BCUT2D eigenvalue weighted by Crippen LogP contribution is 2.16. The Morgan fingerprint density at radius 2 is 1.86 bits per heavy atom. The van der Waals surface area contributed by atoms with Crippen molar-refractivity contribution >= 4 is 22.8 Å². The van der Waals surface area contributed by atoms with Crippen molar-refractivity contribution in [3.63, 3.8) is 0 Å². The minimum Gasteiger partial charge on any atom is -0.319 e. The first-order chi connectivity index (χ1) is 10.1. The van der Waals surface area contributed by atoms with Gasteiger partial charge in [0.15, 0.2) is 5.65 Å². The lowest BCUT2D eigenvalue weighted by molar-refractivity contribution is 0.102. The lowest BCUT2D eigenvalue weighted by Crippen LogP contribution is -2.13. The van der Waals surface area contributed by atoms with Gasteiger partial charge in [-0.15, -0.1) is 0 Å². The van der Waals surface area contributed by atoms with E-state index >= 15 is 0 Å². The highest BCUT2D eigenvalue weighted by molar-refractivity contribution is 6.05. The standard InChI is InChI=1S/C14H8F2N4O/c15-9-1-2-11(10(16)6-9)20-14(21)8-5-12-13(19-7-8)18-4-3-17-12/h1-7H,(H,20,21). The molecule has 0 bridgehead atoms. The number of aromatic nitrogens is 3. The van der Waals surface area contributed by atoms with E-state index < -0.39 is 17.5 Å². The highest BCUT2D eigenvalue weighted by Gasteiger charge is 2.11. The molecule has 0 fully saturated rings. The van der Waals surface area contributed by atoms with Gasteiger partial charge < -0.3 is 5.32 Å². The molecule has 0 aliphatic carbocycles. The van der Waals surface area contributed by atoms with E-state index in [1.54, 1.807) is 0 Å². The van der Waals surface area contributed by atoms with Gasteiger partial charge in [-0.3, -0.25) is 9.78 Å². The number of pyridine rings is 1. The molecule has 2 heterocycles. The molecule has 0 spiro atoms. The van der Waals surface area contributed by atoms with Crippen LogP contribution in [0.4, 0.5) is 14.5 Å². The molecule has 0 unspecified atom stereocenters. The van der Waals surface area contributed by atoms with Crippen LogP contribution in [0.1, 0.15) is 10.4 Å². The summed E-state index contributed by atoms with van der Waals surface area (Å²) in [6.07, 6.45) is 4.28. The fourth-order valence-corrected chi connectivity index (χ4v) is 1.77. The first kappa shape index (κ1) is 13.0. The van der Waals surface area contributed by atoms with Crippen molar-refractivity contribution in [2.45, 2.75) is 0 Å². The third-order valence-corrected chi connectivity index (χ3v) is 2.77. The van der Waals surface area contributed by atoms with Gasteiger partial charge in [0.2, 0.25) is 0 Å². The summed E-state index contributed by atoms with van der Waals surface area (Å²) in [7, 11) is 0. The zero-order chi connectivity index (χ0) is 14.8. The summed E-state index contributed by atoms with van der Waals surface area (Å²) in [4.78, 5) is 24.0. The number of halogens is 2.